The van der Waals surface area contributed by atoms with Gasteiger partial charge in [-0.2, -0.15) is 4.98 Å². The molecule has 0 amide bonds. The highest BCUT2D eigenvalue weighted by Crippen LogP contribution is 2.22. The van der Waals surface area contributed by atoms with E-state index in [1.165, 1.54) is 18.5 Å². The Kier molecular flexibility index (Phi) is 2.66. The molecular formula is C9H7ClFN3O. The summed E-state index contributed by atoms with van der Waals surface area (Å²) in [7, 11) is 0. The minimum Gasteiger partial charge on any atom is -0.338 e. The highest BCUT2D eigenvalue weighted by molar-refractivity contribution is 6.30. The number of hydrogen-bond donors (Lipinski definition) is 1. The van der Waals surface area contributed by atoms with Crippen molar-refractivity contribution in [3.8, 4) is 0 Å². The SMILES string of the molecule is N[C@H](c1ccc(Cl)c(F)c1)c1ncno1. The maximum Gasteiger partial charge on any atom is 0.247 e. The molecule has 2 rings (SSSR count). The first kappa shape index (κ1) is 10.1. The Balaban J connectivity index is 2.34. The summed E-state index contributed by atoms with van der Waals surface area (Å²) < 4.78 is 17.9. The van der Waals surface area contributed by atoms with Crippen LogP contribution in [-0.4, -0.2) is 10.1 Å². The van der Waals surface area contributed by atoms with Gasteiger partial charge < -0.3 is 10.3 Å². The number of hydrogen-bond acceptors (Lipinski definition) is 4. The fourth-order valence-corrected chi connectivity index (χ4v) is 1.28. The van der Waals surface area contributed by atoms with Gasteiger partial charge in [0.05, 0.1) is 5.02 Å². The van der Waals surface area contributed by atoms with Crippen molar-refractivity contribution in [3.63, 3.8) is 0 Å². The van der Waals surface area contributed by atoms with Crippen LogP contribution in [0.2, 0.25) is 5.02 Å². The minimum atomic E-state index is -0.640. The number of benzene rings is 1. The van der Waals surface area contributed by atoms with Gasteiger partial charge in [0.25, 0.3) is 0 Å². The van der Waals surface area contributed by atoms with Gasteiger partial charge in [-0.3, -0.25) is 0 Å². The number of nitrogens with zero attached hydrogens (tertiary/aromatic N) is 2. The van der Waals surface area contributed by atoms with Crippen LogP contribution in [0.3, 0.4) is 0 Å². The Hall–Kier alpha value is -1.46. The fourth-order valence-electron chi connectivity index (χ4n) is 1.17. The van der Waals surface area contributed by atoms with Crippen molar-refractivity contribution in [1.82, 2.24) is 10.1 Å². The molecule has 0 bridgehead atoms. The maximum absolute atomic E-state index is 13.1. The Morgan fingerprint density at radius 1 is 1.47 bits per heavy atom. The van der Waals surface area contributed by atoms with E-state index < -0.39 is 11.9 Å². The molecule has 0 fully saturated rings. The van der Waals surface area contributed by atoms with Crippen molar-refractivity contribution >= 4 is 11.6 Å². The van der Waals surface area contributed by atoms with E-state index in [9.17, 15) is 4.39 Å². The first-order valence-electron chi connectivity index (χ1n) is 4.15. The van der Waals surface area contributed by atoms with Crippen molar-refractivity contribution in [2.75, 3.05) is 0 Å². The Labute approximate surface area is 89.8 Å². The van der Waals surface area contributed by atoms with Gasteiger partial charge in [-0.15, -0.1) is 0 Å². The summed E-state index contributed by atoms with van der Waals surface area (Å²) in [5.74, 6) is -0.291. The number of nitrogens with two attached hydrogens (primary N) is 1. The third-order valence-electron chi connectivity index (χ3n) is 1.95. The zero-order chi connectivity index (χ0) is 10.8. The summed E-state index contributed by atoms with van der Waals surface area (Å²) >= 11 is 5.54. The van der Waals surface area contributed by atoms with Gasteiger partial charge in [-0.25, -0.2) is 4.39 Å². The average molecular weight is 228 g/mol. The molecule has 0 aliphatic carbocycles. The molecule has 4 nitrogen and oxygen atoms in total. The first-order chi connectivity index (χ1) is 7.18. The minimum absolute atomic E-state index is 0.0523. The summed E-state index contributed by atoms with van der Waals surface area (Å²) in [4.78, 5) is 3.79. The van der Waals surface area contributed by atoms with Crippen LogP contribution in [0.4, 0.5) is 4.39 Å². The average Bonchev–Trinajstić information content (AvgIpc) is 2.74. The molecule has 2 aromatic rings. The summed E-state index contributed by atoms with van der Waals surface area (Å²) in [6.45, 7) is 0. The molecule has 1 aromatic carbocycles. The predicted octanol–water partition coefficient (Wildman–Crippen LogP) is 1.91. The lowest BCUT2D eigenvalue weighted by atomic mass is 10.1. The van der Waals surface area contributed by atoms with Gasteiger partial charge in [0.15, 0.2) is 6.33 Å². The highest BCUT2D eigenvalue weighted by atomic mass is 35.5. The fraction of sp³-hybridized carbons (Fsp3) is 0.111. The summed E-state index contributed by atoms with van der Waals surface area (Å²) in [5.41, 5.74) is 6.30. The molecule has 1 aromatic heterocycles. The van der Waals surface area contributed by atoms with E-state index in [0.29, 0.717) is 5.56 Å². The Morgan fingerprint density at radius 2 is 2.27 bits per heavy atom. The van der Waals surface area contributed by atoms with E-state index in [1.54, 1.807) is 6.07 Å². The summed E-state index contributed by atoms with van der Waals surface area (Å²) in [5, 5.41) is 3.48. The van der Waals surface area contributed by atoms with E-state index >= 15 is 0 Å². The van der Waals surface area contributed by atoms with Crippen LogP contribution >= 0.6 is 11.6 Å². The van der Waals surface area contributed by atoms with Crippen LogP contribution in [0.1, 0.15) is 17.5 Å². The monoisotopic (exact) mass is 227 g/mol. The van der Waals surface area contributed by atoms with Gasteiger partial charge in [0.2, 0.25) is 5.89 Å². The molecule has 0 saturated carbocycles. The third kappa shape index (κ3) is 1.98. The predicted molar refractivity (Wildman–Crippen MR) is 51.7 cm³/mol. The quantitative estimate of drug-likeness (QED) is 0.851. The van der Waals surface area contributed by atoms with Crippen molar-refractivity contribution in [1.29, 1.82) is 0 Å². The van der Waals surface area contributed by atoms with Gasteiger partial charge in [-0.1, -0.05) is 22.8 Å². The third-order valence-corrected chi connectivity index (χ3v) is 2.25. The lowest BCUT2D eigenvalue weighted by Gasteiger charge is -2.07. The van der Waals surface area contributed by atoms with Gasteiger partial charge in [0.1, 0.15) is 11.9 Å². The lowest BCUT2D eigenvalue weighted by molar-refractivity contribution is 0.366. The molecule has 0 aliphatic rings. The molecule has 6 heteroatoms. The number of aromatic nitrogens is 2. The van der Waals surface area contributed by atoms with Crippen LogP contribution < -0.4 is 5.73 Å². The number of halogens is 2. The Morgan fingerprint density at radius 3 is 2.87 bits per heavy atom. The molecule has 0 spiro atoms. The van der Waals surface area contributed by atoms with E-state index in [2.05, 4.69) is 10.1 Å². The smallest absolute Gasteiger partial charge is 0.247 e. The normalized spacial score (nSPS) is 12.7. The molecule has 0 aliphatic heterocycles. The van der Waals surface area contributed by atoms with E-state index in [4.69, 9.17) is 21.9 Å². The number of rotatable bonds is 2. The van der Waals surface area contributed by atoms with Crippen molar-refractivity contribution < 1.29 is 8.91 Å². The van der Waals surface area contributed by atoms with E-state index in [1.807, 2.05) is 0 Å². The molecule has 78 valence electrons. The standard InChI is InChI=1S/C9H7ClFN3O/c10-6-2-1-5(3-7(6)11)8(12)9-13-4-14-15-9/h1-4,8H,12H2/t8-/m1/s1. The van der Waals surface area contributed by atoms with Crippen LogP contribution in [0.25, 0.3) is 0 Å². The van der Waals surface area contributed by atoms with Crippen LogP contribution in [-0.2, 0) is 0 Å². The molecule has 0 saturated heterocycles. The molecule has 1 atom stereocenters. The van der Waals surface area contributed by atoms with Gasteiger partial charge in [0, 0.05) is 0 Å². The second kappa shape index (κ2) is 3.96. The largest absolute Gasteiger partial charge is 0.338 e. The van der Waals surface area contributed by atoms with Crippen molar-refractivity contribution in [2.45, 2.75) is 6.04 Å². The summed E-state index contributed by atoms with van der Waals surface area (Å²) in [6, 6.07) is 3.65. The molecular weight excluding hydrogens is 221 g/mol. The zero-order valence-corrected chi connectivity index (χ0v) is 8.28. The van der Waals surface area contributed by atoms with Crippen molar-refractivity contribution in [2.24, 2.45) is 5.73 Å². The Bertz CT molecular complexity index is 460. The lowest BCUT2D eigenvalue weighted by Crippen LogP contribution is -2.12. The van der Waals surface area contributed by atoms with Crippen LogP contribution in [0, 0.1) is 5.82 Å². The topological polar surface area (TPSA) is 64.9 Å². The molecule has 15 heavy (non-hydrogen) atoms. The molecule has 1 heterocycles. The molecule has 2 N–H and O–H groups in total. The summed E-state index contributed by atoms with van der Waals surface area (Å²) in [6.07, 6.45) is 1.24. The second-order valence-electron chi connectivity index (χ2n) is 2.93. The van der Waals surface area contributed by atoms with Crippen LogP contribution in [0.15, 0.2) is 29.0 Å². The van der Waals surface area contributed by atoms with Crippen molar-refractivity contribution in [3.05, 3.63) is 46.8 Å². The van der Waals surface area contributed by atoms with Gasteiger partial charge >= 0.3 is 0 Å². The van der Waals surface area contributed by atoms with E-state index in [0.717, 1.165) is 0 Å². The molecule has 0 radical (unpaired) electrons. The van der Waals surface area contributed by atoms with Gasteiger partial charge in [-0.05, 0) is 17.7 Å². The molecule has 0 unspecified atom stereocenters. The van der Waals surface area contributed by atoms with Crippen LogP contribution in [0.5, 0.6) is 0 Å². The first-order valence-corrected chi connectivity index (χ1v) is 4.53. The van der Waals surface area contributed by atoms with E-state index in [-0.39, 0.29) is 10.9 Å². The maximum atomic E-state index is 13.1. The second-order valence-corrected chi connectivity index (χ2v) is 3.34. The highest BCUT2D eigenvalue weighted by Gasteiger charge is 2.15. The zero-order valence-electron chi connectivity index (χ0n) is 7.52.